The number of methoxy groups -OCH3 is 1. The number of carbonyl (C=O) groups excluding carboxylic acids is 3. The van der Waals surface area contributed by atoms with Crippen LogP contribution < -0.4 is 10.6 Å². The van der Waals surface area contributed by atoms with Crippen molar-refractivity contribution in [3.05, 3.63) is 35.4 Å². The molecule has 7 nitrogen and oxygen atoms in total. The number of carbonyl (C=O) groups is 3. The maximum absolute atomic E-state index is 13.0. The monoisotopic (exact) mass is 405 g/mol. The molecule has 0 aliphatic carbocycles. The van der Waals surface area contributed by atoms with Gasteiger partial charge in [-0.2, -0.15) is 0 Å². The fraction of sp³-hybridized carbons (Fsp3) is 0.550. The molecule has 0 aromatic heterocycles. The maximum atomic E-state index is 13.0. The molecule has 2 aliphatic heterocycles. The Kier molecular flexibility index (Phi) is 6.61. The summed E-state index contributed by atoms with van der Waals surface area (Å²) in [4.78, 5) is 40.1. The van der Waals surface area contributed by atoms with Crippen molar-refractivity contribution in [2.45, 2.75) is 37.7 Å². The lowest BCUT2D eigenvalue weighted by molar-refractivity contribution is -0.132. The second-order valence-electron chi connectivity index (χ2n) is 7.16. The van der Waals surface area contributed by atoms with Crippen LogP contribution in [0.1, 0.15) is 41.6 Å². The number of hydrogen-bond acceptors (Lipinski definition) is 5. The smallest absolute Gasteiger partial charge is 0.256 e. The van der Waals surface area contributed by atoms with Gasteiger partial charge < -0.3 is 20.3 Å². The molecule has 0 bridgehead atoms. The summed E-state index contributed by atoms with van der Waals surface area (Å²) in [6.45, 7) is 4.71. The lowest BCUT2D eigenvalue weighted by Gasteiger charge is -2.28. The van der Waals surface area contributed by atoms with Gasteiger partial charge in [0, 0.05) is 25.0 Å². The second-order valence-corrected chi connectivity index (χ2v) is 8.27. The van der Waals surface area contributed by atoms with E-state index < -0.39 is 12.1 Å². The summed E-state index contributed by atoms with van der Waals surface area (Å²) >= 11 is 1.59. The van der Waals surface area contributed by atoms with E-state index in [1.807, 2.05) is 32.0 Å². The van der Waals surface area contributed by atoms with E-state index in [1.54, 1.807) is 29.8 Å². The Morgan fingerprint density at radius 3 is 2.82 bits per heavy atom. The highest BCUT2D eigenvalue weighted by atomic mass is 32.2. The van der Waals surface area contributed by atoms with Gasteiger partial charge in [-0.15, -0.1) is 11.8 Å². The predicted octanol–water partition coefficient (Wildman–Crippen LogP) is 1.55. The Hall–Kier alpha value is -2.06. The number of thioether (sulfide) groups is 1. The largest absolute Gasteiger partial charge is 0.383 e. The Labute approximate surface area is 169 Å². The molecule has 8 heteroatoms. The molecule has 2 N–H and O–H groups in total. The SMILES string of the molecule is CCC(C)C(NC(=O)C1CSC2c3ccccc3C(=O)N12)C(=O)NCCOC. The van der Waals surface area contributed by atoms with Crippen LogP contribution in [-0.2, 0) is 14.3 Å². The Balaban J connectivity index is 1.71. The van der Waals surface area contributed by atoms with Gasteiger partial charge in [0.05, 0.1) is 6.61 Å². The standard InChI is InChI=1S/C20H27N3O4S/c1-4-12(2)16(18(25)21-9-10-27-3)22-17(24)15-11-28-20-14-8-6-5-7-13(14)19(26)23(15)20/h5-8,12,15-16,20H,4,9-11H2,1-3H3,(H,21,25)(H,22,24). The number of ether oxygens (including phenoxy) is 1. The Morgan fingerprint density at radius 2 is 2.11 bits per heavy atom. The van der Waals surface area contributed by atoms with E-state index in [2.05, 4.69) is 10.6 Å². The lowest BCUT2D eigenvalue weighted by atomic mass is 9.98. The van der Waals surface area contributed by atoms with Crippen LogP contribution in [0.25, 0.3) is 0 Å². The number of fused-ring (bicyclic) bond motifs is 3. The predicted molar refractivity (Wildman–Crippen MR) is 108 cm³/mol. The highest BCUT2D eigenvalue weighted by Crippen LogP contribution is 2.48. The molecule has 1 saturated heterocycles. The number of nitrogens with one attached hydrogen (secondary N) is 2. The third kappa shape index (κ3) is 3.89. The third-order valence-corrected chi connectivity index (χ3v) is 6.70. The summed E-state index contributed by atoms with van der Waals surface area (Å²) in [6, 6.07) is 6.27. The molecule has 2 heterocycles. The minimum Gasteiger partial charge on any atom is -0.383 e. The number of amides is 3. The summed E-state index contributed by atoms with van der Waals surface area (Å²) in [5.41, 5.74) is 1.62. The molecular formula is C20H27N3O4S. The van der Waals surface area contributed by atoms with Crippen molar-refractivity contribution in [3.8, 4) is 0 Å². The first-order chi connectivity index (χ1) is 13.5. The van der Waals surface area contributed by atoms with Crippen LogP contribution in [0.3, 0.4) is 0 Å². The zero-order valence-electron chi connectivity index (χ0n) is 16.4. The molecular weight excluding hydrogens is 378 g/mol. The van der Waals surface area contributed by atoms with E-state index in [0.29, 0.717) is 24.5 Å². The molecule has 0 saturated carbocycles. The molecule has 2 aliphatic rings. The van der Waals surface area contributed by atoms with Gasteiger partial charge in [-0.05, 0) is 17.5 Å². The van der Waals surface area contributed by atoms with Crippen molar-refractivity contribution < 1.29 is 19.1 Å². The van der Waals surface area contributed by atoms with Crippen LogP contribution in [0.2, 0.25) is 0 Å². The first-order valence-corrected chi connectivity index (χ1v) is 10.6. The lowest BCUT2D eigenvalue weighted by Crippen LogP contribution is -2.55. The van der Waals surface area contributed by atoms with E-state index in [4.69, 9.17) is 4.74 Å². The molecule has 3 rings (SSSR count). The molecule has 0 spiro atoms. The van der Waals surface area contributed by atoms with E-state index in [0.717, 1.165) is 12.0 Å². The van der Waals surface area contributed by atoms with Gasteiger partial charge in [0.2, 0.25) is 11.8 Å². The average Bonchev–Trinajstić information content (AvgIpc) is 3.26. The molecule has 4 atom stereocenters. The topological polar surface area (TPSA) is 87.7 Å². The van der Waals surface area contributed by atoms with Gasteiger partial charge in [-0.3, -0.25) is 14.4 Å². The van der Waals surface area contributed by atoms with Crippen LogP contribution in [-0.4, -0.2) is 60.7 Å². The molecule has 152 valence electrons. The summed E-state index contributed by atoms with van der Waals surface area (Å²) < 4.78 is 4.96. The Bertz CT molecular complexity index is 757. The molecule has 1 fully saturated rings. The number of rotatable bonds is 8. The van der Waals surface area contributed by atoms with Gasteiger partial charge in [0.15, 0.2) is 0 Å². The van der Waals surface area contributed by atoms with Crippen LogP contribution in [0.15, 0.2) is 24.3 Å². The molecule has 28 heavy (non-hydrogen) atoms. The van der Waals surface area contributed by atoms with Gasteiger partial charge in [-0.25, -0.2) is 0 Å². The fourth-order valence-corrected chi connectivity index (χ4v) is 5.04. The van der Waals surface area contributed by atoms with Crippen molar-refractivity contribution >= 4 is 29.5 Å². The first kappa shape index (κ1) is 20.7. The summed E-state index contributed by atoms with van der Waals surface area (Å²) in [6.07, 6.45) is 0.749. The van der Waals surface area contributed by atoms with Crippen LogP contribution in [0.5, 0.6) is 0 Å². The first-order valence-electron chi connectivity index (χ1n) is 9.59. The zero-order chi connectivity index (χ0) is 20.3. The molecule has 0 radical (unpaired) electrons. The molecule has 1 aromatic rings. The van der Waals surface area contributed by atoms with Crippen LogP contribution in [0, 0.1) is 5.92 Å². The highest BCUT2D eigenvalue weighted by Gasteiger charge is 2.48. The number of benzene rings is 1. The Morgan fingerprint density at radius 1 is 1.36 bits per heavy atom. The van der Waals surface area contributed by atoms with Gasteiger partial charge in [0.25, 0.3) is 5.91 Å². The van der Waals surface area contributed by atoms with Crippen molar-refractivity contribution in [1.82, 2.24) is 15.5 Å². The zero-order valence-corrected chi connectivity index (χ0v) is 17.3. The molecule has 3 amide bonds. The summed E-state index contributed by atoms with van der Waals surface area (Å²) in [7, 11) is 1.57. The van der Waals surface area contributed by atoms with E-state index in [1.165, 1.54) is 0 Å². The minimum absolute atomic E-state index is 0.0252. The van der Waals surface area contributed by atoms with Crippen molar-refractivity contribution in [1.29, 1.82) is 0 Å². The van der Waals surface area contributed by atoms with Crippen LogP contribution in [0.4, 0.5) is 0 Å². The maximum Gasteiger partial charge on any atom is 0.256 e. The third-order valence-electron chi connectivity index (χ3n) is 5.39. The number of hydrogen-bond donors (Lipinski definition) is 2. The van der Waals surface area contributed by atoms with Gasteiger partial charge >= 0.3 is 0 Å². The highest BCUT2D eigenvalue weighted by molar-refractivity contribution is 7.99. The van der Waals surface area contributed by atoms with E-state index in [-0.39, 0.29) is 29.0 Å². The van der Waals surface area contributed by atoms with Crippen molar-refractivity contribution in [2.24, 2.45) is 5.92 Å². The van der Waals surface area contributed by atoms with E-state index in [9.17, 15) is 14.4 Å². The molecule has 4 unspecified atom stereocenters. The molecule has 1 aromatic carbocycles. The fourth-order valence-electron chi connectivity index (χ4n) is 3.58. The van der Waals surface area contributed by atoms with E-state index >= 15 is 0 Å². The minimum atomic E-state index is -0.640. The quantitative estimate of drug-likeness (QED) is 0.641. The van der Waals surface area contributed by atoms with Crippen LogP contribution >= 0.6 is 11.8 Å². The van der Waals surface area contributed by atoms with Crippen molar-refractivity contribution in [3.63, 3.8) is 0 Å². The van der Waals surface area contributed by atoms with Crippen molar-refractivity contribution in [2.75, 3.05) is 26.0 Å². The van der Waals surface area contributed by atoms with Gasteiger partial charge in [-0.1, -0.05) is 38.5 Å². The second kappa shape index (κ2) is 8.96. The average molecular weight is 406 g/mol. The summed E-state index contributed by atoms with van der Waals surface area (Å²) in [5.74, 6) is -0.116. The van der Waals surface area contributed by atoms with Gasteiger partial charge in [0.1, 0.15) is 17.5 Å². The number of nitrogens with zero attached hydrogens (tertiary/aromatic N) is 1. The normalized spacial score (nSPS) is 22.4. The summed E-state index contributed by atoms with van der Waals surface area (Å²) in [5, 5.41) is 5.57.